The lowest BCUT2D eigenvalue weighted by molar-refractivity contribution is 0.0930. The van der Waals surface area contributed by atoms with E-state index in [0.717, 1.165) is 43.1 Å². The molecular weight excluding hydrogens is 314 g/mol. The van der Waals surface area contributed by atoms with Crippen LogP contribution in [0.5, 0.6) is 0 Å². The first-order valence-electron chi connectivity index (χ1n) is 8.61. The van der Waals surface area contributed by atoms with E-state index < -0.39 is 0 Å². The Bertz CT molecular complexity index is 895. The first-order chi connectivity index (χ1) is 12.2. The normalized spacial score (nSPS) is 15.5. The number of rotatable bonds is 3. The highest BCUT2D eigenvalue weighted by Crippen LogP contribution is 2.18. The summed E-state index contributed by atoms with van der Waals surface area (Å²) in [6.45, 7) is 3.82. The number of aromatic nitrogens is 3. The van der Waals surface area contributed by atoms with E-state index in [1.165, 1.54) is 0 Å². The molecule has 1 N–H and O–H groups in total. The zero-order valence-electron chi connectivity index (χ0n) is 14.2. The van der Waals surface area contributed by atoms with Crippen molar-refractivity contribution < 1.29 is 4.79 Å². The first-order valence-corrected chi connectivity index (χ1v) is 8.61. The third-order valence-electron chi connectivity index (χ3n) is 4.68. The fourth-order valence-corrected chi connectivity index (χ4v) is 3.28. The predicted octanol–water partition coefficient (Wildman–Crippen LogP) is 2.44. The second-order valence-electron chi connectivity index (χ2n) is 6.48. The highest BCUT2D eigenvalue weighted by atomic mass is 16.1. The van der Waals surface area contributed by atoms with Crippen molar-refractivity contribution in [2.75, 3.05) is 18.0 Å². The van der Waals surface area contributed by atoms with Crippen molar-refractivity contribution in [1.29, 1.82) is 0 Å². The summed E-state index contributed by atoms with van der Waals surface area (Å²) in [7, 11) is 0. The molecule has 0 atom stereocenters. The van der Waals surface area contributed by atoms with Gasteiger partial charge in [0.1, 0.15) is 11.5 Å². The summed E-state index contributed by atoms with van der Waals surface area (Å²) in [5.41, 5.74) is 2.53. The fraction of sp³-hybridized carbons (Fsp3) is 0.316. The molecule has 0 radical (unpaired) electrons. The third-order valence-corrected chi connectivity index (χ3v) is 4.68. The quantitative estimate of drug-likeness (QED) is 0.798. The molecular formula is C19H21N5O. The number of nitrogens with one attached hydrogen (secondary N) is 1. The highest BCUT2D eigenvalue weighted by molar-refractivity contribution is 5.94. The van der Waals surface area contributed by atoms with E-state index in [4.69, 9.17) is 0 Å². The van der Waals surface area contributed by atoms with Gasteiger partial charge in [-0.1, -0.05) is 6.07 Å². The van der Waals surface area contributed by atoms with Crippen molar-refractivity contribution in [2.24, 2.45) is 0 Å². The largest absolute Gasteiger partial charge is 0.356 e. The van der Waals surface area contributed by atoms with Crippen molar-refractivity contribution in [1.82, 2.24) is 19.7 Å². The molecule has 3 aromatic heterocycles. The Kier molecular flexibility index (Phi) is 4.09. The van der Waals surface area contributed by atoms with Gasteiger partial charge in [0.25, 0.3) is 5.91 Å². The number of hydrogen-bond acceptors (Lipinski definition) is 4. The Labute approximate surface area is 146 Å². The molecule has 1 amide bonds. The number of hydrogen-bond donors (Lipinski definition) is 1. The van der Waals surface area contributed by atoms with Gasteiger partial charge in [-0.2, -0.15) is 0 Å². The SMILES string of the molecule is Cc1cccc(N2CCC(NC(=O)c3ccc4nccn4c3)CC2)n1. The summed E-state index contributed by atoms with van der Waals surface area (Å²) in [5.74, 6) is 0.998. The van der Waals surface area contributed by atoms with Crippen LogP contribution in [0.3, 0.4) is 0 Å². The van der Waals surface area contributed by atoms with Crippen LogP contribution >= 0.6 is 0 Å². The van der Waals surface area contributed by atoms with Crippen LogP contribution in [0.1, 0.15) is 28.9 Å². The van der Waals surface area contributed by atoms with Crippen LogP contribution in [0.4, 0.5) is 5.82 Å². The van der Waals surface area contributed by atoms with Crippen LogP contribution in [0, 0.1) is 6.92 Å². The van der Waals surface area contributed by atoms with E-state index in [9.17, 15) is 4.79 Å². The lowest BCUT2D eigenvalue weighted by Gasteiger charge is -2.33. The molecule has 4 rings (SSSR count). The lowest BCUT2D eigenvalue weighted by atomic mass is 10.0. The van der Waals surface area contributed by atoms with Gasteiger partial charge >= 0.3 is 0 Å². The number of imidazole rings is 1. The molecule has 4 heterocycles. The van der Waals surface area contributed by atoms with E-state index in [1.807, 2.05) is 54.0 Å². The summed E-state index contributed by atoms with van der Waals surface area (Å²) in [6.07, 6.45) is 7.25. The maximum Gasteiger partial charge on any atom is 0.252 e. The molecule has 25 heavy (non-hydrogen) atoms. The molecule has 0 aromatic carbocycles. The van der Waals surface area contributed by atoms with Gasteiger partial charge in [0.05, 0.1) is 5.56 Å². The minimum Gasteiger partial charge on any atom is -0.356 e. The van der Waals surface area contributed by atoms with Crippen LogP contribution in [-0.4, -0.2) is 39.4 Å². The Balaban J connectivity index is 1.37. The van der Waals surface area contributed by atoms with Crippen LogP contribution in [-0.2, 0) is 0 Å². The second kappa shape index (κ2) is 6.55. The van der Waals surface area contributed by atoms with Gasteiger partial charge in [0.2, 0.25) is 0 Å². The van der Waals surface area contributed by atoms with Crippen molar-refractivity contribution in [3.05, 3.63) is 60.2 Å². The van der Waals surface area contributed by atoms with E-state index >= 15 is 0 Å². The van der Waals surface area contributed by atoms with Gasteiger partial charge in [-0.05, 0) is 44.0 Å². The molecule has 0 saturated carbocycles. The van der Waals surface area contributed by atoms with E-state index in [2.05, 4.69) is 20.2 Å². The summed E-state index contributed by atoms with van der Waals surface area (Å²) < 4.78 is 1.86. The van der Waals surface area contributed by atoms with Gasteiger partial charge in [0.15, 0.2) is 0 Å². The number of anilines is 1. The lowest BCUT2D eigenvalue weighted by Crippen LogP contribution is -2.45. The van der Waals surface area contributed by atoms with Crippen molar-refractivity contribution in [3.8, 4) is 0 Å². The number of pyridine rings is 2. The average Bonchev–Trinajstić information content (AvgIpc) is 3.10. The molecule has 1 fully saturated rings. The number of fused-ring (bicyclic) bond motifs is 1. The minimum absolute atomic E-state index is 0.0252. The van der Waals surface area contributed by atoms with Crippen molar-refractivity contribution in [3.63, 3.8) is 0 Å². The van der Waals surface area contributed by atoms with Crippen molar-refractivity contribution in [2.45, 2.75) is 25.8 Å². The summed E-state index contributed by atoms with van der Waals surface area (Å²) in [4.78, 5) is 23.6. The van der Waals surface area contributed by atoms with Gasteiger partial charge < -0.3 is 14.6 Å². The third kappa shape index (κ3) is 3.33. The zero-order valence-corrected chi connectivity index (χ0v) is 14.2. The summed E-state index contributed by atoms with van der Waals surface area (Å²) >= 11 is 0. The van der Waals surface area contributed by atoms with Gasteiger partial charge in [-0.25, -0.2) is 9.97 Å². The van der Waals surface area contributed by atoms with Crippen molar-refractivity contribution >= 4 is 17.4 Å². The molecule has 0 aliphatic carbocycles. The Hall–Kier alpha value is -2.89. The van der Waals surface area contributed by atoms with Crippen LogP contribution in [0.25, 0.3) is 5.65 Å². The molecule has 1 aliphatic heterocycles. The zero-order chi connectivity index (χ0) is 17.2. The van der Waals surface area contributed by atoms with E-state index in [-0.39, 0.29) is 11.9 Å². The molecule has 3 aromatic rings. The summed E-state index contributed by atoms with van der Waals surface area (Å²) in [6, 6.07) is 9.98. The standard InChI is InChI=1S/C19H21N5O/c1-14-3-2-4-18(21-14)23-10-7-16(8-11-23)22-19(25)15-5-6-17-20-9-12-24(17)13-15/h2-6,9,12-13,16H,7-8,10-11H2,1H3,(H,22,25). The molecule has 0 bridgehead atoms. The fourth-order valence-electron chi connectivity index (χ4n) is 3.28. The predicted molar refractivity (Wildman–Crippen MR) is 96.9 cm³/mol. The number of aryl methyl sites for hydroxylation is 1. The minimum atomic E-state index is -0.0252. The second-order valence-corrected chi connectivity index (χ2v) is 6.48. The van der Waals surface area contributed by atoms with Gasteiger partial charge in [0, 0.05) is 43.4 Å². The molecule has 1 aliphatic rings. The van der Waals surface area contributed by atoms with Gasteiger partial charge in [-0.15, -0.1) is 0 Å². The summed E-state index contributed by atoms with van der Waals surface area (Å²) in [5, 5.41) is 3.16. The van der Waals surface area contributed by atoms with Gasteiger partial charge in [-0.3, -0.25) is 4.79 Å². The van der Waals surface area contributed by atoms with Crippen LogP contribution in [0.2, 0.25) is 0 Å². The van der Waals surface area contributed by atoms with E-state index in [1.54, 1.807) is 6.20 Å². The number of amides is 1. The molecule has 0 spiro atoms. The maximum atomic E-state index is 12.5. The Morgan fingerprint density at radius 2 is 2.04 bits per heavy atom. The topological polar surface area (TPSA) is 62.5 Å². The maximum absolute atomic E-state index is 12.5. The Morgan fingerprint density at radius 1 is 1.20 bits per heavy atom. The number of nitrogens with zero attached hydrogens (tertiary/aromatic N) is 4. The number of carbonyl (C=O) groups excluding carboxylic acids is 1. The van der Waals surface area contributed by atoms with Crippen LogP contribution in [0.15, 0.2) is 48.9 Å². The molecule has 128 valence electrons. The molecule has 6 nitrogen and oxygen atoms in total. The molecule has 0 unspecified atom stereocenters. The van der Waals surface area contributed by atoms with Crippen LogP contribution < -0.4 is 10.2 Å². The first kappa shape index (κ1) is 15.6. The van der Waals surface area contributed by atoms with E-state index in [0.29, 0.717) is 5.56 Å². The monoisotopic (exact) mass is 335 g/mol. The number of piperidine rings is 1. The average molecular weight is 335 g/mol. The molecule has 1 saturated heterocycles. The molecule has 6 heteroatoms. The smallest absolute Gasteiger partial charge is 0.252 e. The highest BCUT2D eigenvalue weighted by Gasteiger charge is 2.22. The Morgan fingerprint density at radius 3 is 2.84 bits per heavy atom. The number of carbonyl (C=O) groups is 1.